The molecule has 0 spiro atoms. The van der Waals surface area contributed by atoms with E-state index >= 15 is 0 Å². The summed E-state index contributed by atoms with van der Waals surface area (Å²) in [6.07, 6.45) is 3.83. The highest BCUT2D eigenvalue weighted by molar-refractivity contribution is 5.78. The van der Waals surface area contributed by atoms with Gasteiger partial charge in [0.2, 0.25) is 5.91 Å². The summed E-state index contributed by atoms with van der Waals surface area (Å²) < 4.78 is 0. The van der Waals surface area contributed by atoms with Crippen LogP contribution < -0.4 is 5.32 Å². The van der Waals surface area contributed by atoms with Crippen molar-refractivity contribution in [3.8, 4) is 0 Å². The normalized spacial score (nSPS) is 10.7. The molecule has 2 heteroatoms. The Balaban J connectivity index is 4.34. The molecular weight excluding hydrogens is 150 g/mol. The predicted molar refractivity (Wildman–Crippen MR) is 51.5 cm³/mol. The molecule has 1 amide bonds. The number of amides is 1. The van der Waals surface area contributed by atoms with E-state index in [4.69, 9.17) is 0 Å². The van der Waals surface area contributed by atoms with Crippen LogP contribution in [0.1, 0.15) is 20.3 Å². The van der Waals surface area contributed by atoms with Crippen LogP contribution in [0.15, 0.2) is 36.6 Å². The van der Waals surface area contributed by atoms with Gasteiger partial charge in [-0.3, -0.25) is 4.79 Å². The summed E-state index contributed by atoms with van der Waals surface area (Å²) in [5, 5.41) is 2.72. The van der Waals surface area contributed by atoms with E-state index in [1.54, 1.807) is 19.1 Å². The van der Waals surface area contributed by atoms with Crippen molar-refractivity contribution in [2.45, 2.75) is 20.3 Å². The zero-order valence-electron chi connectivity index (χ0n) is 7.68. The average molecular weight is 165 g/mol. The summed E-state index contributed by atoms with van der Waals surface area (Å²) in [6, 6.07) is 0. The summed E-state index contributed by atoms with van der Waals surface area (Å²) in [5.41, 5.74) is 1.56. The van der Waals surface area contributed by atoms with Gasteiger partial charge in [-0.2, -0.15) is 0 Å². The van der Waals surface area contributed by atoms with E-state index in [1.807, 2.05) is 6.92 Å². The summed E-state index contributed by atoms with van der Waals surface area (Å²) in [7, 11) is 0. The van der Waals surface area contributed by atoms with Crippen LogP contribution in [0.4, 0.5) is 0 Å². The third kappa shape index (κ3) is 3.76. The highest BCUT2D eigenvalue weighted by Crippen LogP contribution is 2.02. The second-order valence-corrected chi connectivity index (χ2v) is 2.50. The lowest BCUT2D eigenvalue weighted by Gasteiger charge is -2.06. The zero-order valence-corrected chi connectivity index (χ0v) is 7.68. The minimum atomic E-state index is -0.00824. The minimum Gasteiger partial charge on any atom is -0.326 e. The van der Waals surface area contributed by atoms with Gasteiger partial charge >= 0.3 is 0 Å². The lowest BCUT2D eigenvalue weighted by atomic mass is 10.2. The smallest absolute Gasteiger partial charge is 0.224 e. The Labute approximate surface area is 73.7 Å². The van der Waals surface area contributed by atoms with Gasteiger partial charge in [0.15, 0.2) is 0 Å². The molecule has 0 saturated carbocycles. The average Bonchev–Trinajstić information content (AvgIpc) is 2.03. The largest absolute Gasteiger partial charge is 0.326 e. The van der Waals surface area contributed by atoms with Crippen LogP contribution >= 0.6 is 0 Å². The molecule has 0 saturated heterocycles. The maximum Gasteiger partial charge on any atom is 0.224 e. The molecule has 0 heterocycles. The SMILES string of the molecule is C=C/C=C(/NC(=O)CC)C(=C)C. The van der Waals surface area contributed by atoms with Gasteiger partial charge in [0.1, 0.15) is 0 Å². The van der Waals surface area contributed by atoms with Gasteiger partial charge in [0, 0.05) is 12.1 Å². The molecule has 0 aromatic heterocycles. The standard InChI is InChI=1S/C10H15NO/c1-5-7-9(8(3)4)11-10(12)6-2/h5,7H,1,3,6H2,2,4H3,(H,11,12)/b9-7+. The van der Waals surface area contributed by atoms with Crippen LogP contribution in [-0.2, 0) is 4.79 Å². The second kappa shape index (κ2) is 5.35. The fourth-order valence-electron chi connectivity index (χ4n) is 0.647. The Morgan fingerprint density at radius 1 is 1.58 bits per heavy atom. The fourth-order valence-corrected chi connectivity index (χ4v) is 0.647. The Morgan fingerprint density at radius 3 is 2.50 bits per heavy atom. The molecule has 0 aliphatic carbocycles. The number of carbonyl (C=O) groups is 1. The molecule has 0 radical (unpaired) electrons. The molecule has 0 unspecified atom stereocenters. The van der Waals surface area contributed by atoms with Gasteiger partial charge in [-0.15, -0.1) is 0 Å². The van der Waals surface area contributed by atoms with Crippen molar-refractivity contribution >= 4 is 5.91 Å². The number of allylic oxidation sites excluding steroid dienone is 3. The van der Waals surface area contributed by atoms with Crippen LogP contribution in [-0.4, -0.2) is 5.91 Å². The van der Waals surface area contributed by atoms with Crippen LogP contribution in [0.5, 0.6) is 0 Å². The molecule has 0 bridgehead atoms. The van der Waals surface area contributed by atoms with E-state index in [2.05, 4.69) is 18.5 Å². The molecule has 0 aliphatic heterocycles. The Hall–Kier alpha value is -1.31. The maximum atomic E-state index is 11.0. The Kier molecular flexibility index (Phi) is 4.77. The van der Waals surface area contributed by atoms with Crippen LogP contribution in [0.25, 0.3) is 0 Å². The number of nitrogens with one attached hydrogen (secondary N) is 1. The highest BCUT2D eigenvalue weighted by Gasteiger charge is 2.00. The third-order valence-corrected chi connectivity index (χ3v) is 1.34. The fraction of sp³-hybridized carbons (Fsp3) is 0.300. The van der Waals surface area contributed by atoms with Gasteiger partial charge in [-0.25, -0.2) is 0 Å². The van der Waals surface area contributed by atoms with E-state index in [1.165, 1.54) is 0 Å². The van der Waals surface area contributed by atoms with E-state index in [0.29, 0.717) is 6.42 Å². The minimum absolute atomic E-state index is 0.00824. The first kappa shape index (κ1) is 10.7. The molecule has 66 valence electrons. The lowest BCUT2D eigenvalue weighted by Crippen LogP contribution is -2.21. The quantitative estimate of drug-likeness (QED) is 0.635. The summed E-state index contributed by atoms with van der Waals surface area (Å²) in [6.45, 7) is 10.9. The molecule has 0 atom stereocenters. The van der Waals surface area contributed by atoms with Crippen molar-refractivity contribution in [2.75, 3.05) is 0 Å². The molecule has 1 N–H and O–H groups in total. The van der Waals surface area contributed by atoms with Crippen LogP contribution in [0.2, 0.25) is 0 Å². The van der Waals surface area contributed by atoms with E-state index in [0.717, 1.165) is 11.3 Å². The van der Waals surface area contributed by atoms with Crippen molar-refractivity contribution in [3.05, 3.63) is 36.6 Å². The molecule has 2 nitrogen and oxygen atoms in total. The topological polar surface area (TPSA) is 29.1 Å². The number of carbonyl (C=O) groups excluding carboxylic acids is 1. The number of rotatable bonds is 4. The van der Waals surface area contributed by atoms with Crippen molar-refractivity contribution in [3.63, 3.8) is 0 Å². The molecular formula is C10H15NO. The lowest BCUT2D eigenvalue weighted by molar-refractivity contribution is -0.120. The monoisotopic (exact) mass is 165 g/mol. The first-order valence-electron chi connectivity index (χ1n) is 3.90. The molecule has 12 heavy (non-hydrogen) atoms. The molecule has 0 aromatic carbocycles. The second-order valence-electron chi connectivity index (χ2n) is 2.50. The van der Waals surface area contributed by atoms with Gasteiger partial charge < -0.3 is 5.32 Å². The first-order valence-corrected chi connectivity index (χ1v) is 3.90. The van der Waals surface area contributed by atoms with Crippen molar-refractivity contribution in [2.24, 2.45) is 0 Å². The number of hydrogen-bond donors (Lipinski definition) is 1. The van der Waals surface area contributed by atoms with Crippen molar-refractivity contribution in [1.82, 2.24) is 5.32 Å². The summed E-state index contributed by atoms with van der Waals surface area (Å²) in [5.74, 6) is -0.00824. The van der Waals surface area contributed by atoms with E-state index < -0.39 is 0 Å². The molecule has 0 rings (SSSR count). The third-order valence-electron chi connectivity index (χ3n) is 1.34. The molecule has 0 fully saturated rings. The summed E-state index contributed by atoms with van der Waals surface area (Å²) in [4.78, 5) is 11.0. The van der Waals surface area contributed by atoms with E-state index in [9.17, 15) is 4.79 Å². The Morgan fingerprint density at radius 2 is 2.17 bits per heavy atom. The van der Waals surface area contributed by atoms with Gasteiger partial charge in [0.05, 0.1) is 0 Å². The summed E-state index contributed by atoms with van der Waals surface area (Å²) >= 11 is 0. The van der Waals surface area contributed by atoms with Crippen LogP contribution in [0.3, 0.4) is 0 Å². The van der Waals surface area contributed by atoms with Crippen molar-refractivity contribution < 1.29 is 4.79 Å². The zero-order chi connectivity index (χ0) is 9.56. The Bertz CT molecular complexity index is 226. The molecule has 0 aromatic rings. The number of hydrogen-bond acceptors (Lipinski definition) is 1. The van der Waals surface area contributed by atoms with Crippen LogP contribution in [0, 0.1) is 0 Å². The maximum absolute atomic E-state index is 11.0. The highest BCUT2D eigenvalue weighted by atomic mass is 16.1. The molecule has 0 aliphatic rings. The van der Waals surface area contributed by atoms with Gasteiger partial charge in [-0.05, 0) is 18.6 Å². The van der Waals surface area contributed by atoms with Crippen molar-refractivity contribution in [1.29, 1.82) is 0 Å². The van der Waals surface area contributed by atoms with E-state index in [-0.39, 0.29) is 5.91 Å². The van der Waals surface area contributed by atoms with Gasteiger partial charge in [0.25, 0.3) is 0 Å². The predicted octanol–water partition coefficient (Wildman–Crippen LogP) is 2.16. The first-order chi connectivity index (χ1) is 5.61. The van der Waals surface area contributed by atoms with Gasteiger partial charge in [-0.1, -0.05) is 26.2 Å².